The predicted octanol–water partition coefficient (Wildman–Crippen LogP) is 4.89. The molecule has 1 saturated heterocycles. The molecule has 4 aromatic rings. The lowest BCUT2D eigenvalue weighted by molar-refractivity contribution is 0.100. The number of carbonyl (C=O) groups is 1. The van der Waals surface area contributed by atoms with Crippen molar-refractivity contribution in [3.05, 3.63) is 81.8 Å². The van der Waals surface area contributed by atoms with Crippen molar-refractivity contribution < 1.29 is 4.79 Å². The van der Waals surface area contributed by atoms with E-state index in [1.807, 2.05) is 18.3 Å². The van der Waals surface area contributed by atoms with Gasteiger partial charge in [0.1, 0.15) is 0 Å². The summed E-state index contributed by atoms with van der Waals surface area (Å²) in [6.45, 7) is 6.55. The molecule has 5 rings (SSSR count). The number of piperidine rings is 1. The Morgan fingerprint density at radius 2 is 1.83 bits per heavy atom. The zero-order valence-corrected chi connectivity index (χ0v) is 20.5. The Kier molecular flexibility index (Phi) is 6.07. The summed E-state index contributed by atoms with van der Waals surface area (Å²) >= 11 is 0. The number of benzene rings is 2. The second-order valence-electron chi connectivity index (χ2n) is 9.90. The van der Waals surface area contributed by atoms with Gasteiger partial charge >= 0.3 is 0 Å². The lowest BCUT2D eigenvalue weighted by Gasteiger charge is -2.23. The molecule has 0 bridgehead atoms. The molecule has 1 amide bonds. The summed E-state index contributed by atoms with van der Waals surface area (Å²) in [7, 11) is 1.76. The lowest BCUT2D eigenvalue weighted by atomic mass is 9.88. The molecule has 0 spiro atoms. The molecule has 35 heavy (non-hydrogen) atoms. The fraction of sp³-hybridized carbons (Fsp3) is 0.310. The van der Waals surface area contributed by atoms with Crippen LogP contribution in [0, 0.1) is 0 Å². The van der Waals surface area contributed by atoms with Crippen molar-refractivity contribution in [1.29, 1.82) is 0 Å². The topological polar surface area (TPSA) is 92.9 Å². The van der Waals surface area contributed by atoms with Gasteiger partial charge in [-0.15, -0.1) is 0 Å². The van der Waals surface area contributed by atoms with Crippen LogP contribution < -0.4 is 16.6 Å². The van der Waals surface area contributed by atoms with Crippen LogP contribution >= 0.6 is 0 Å². The average Bonchev–Trinajstić information content (AvgIpc) is 3.25. The summed E-state index contributed by atoms with van der Waals surface area (Å²) < 4.78 is 1.61. The Hall–Kier alpha value is -3.64. The van der Waals surface area contributed by atoms with E-state index in [0.717, 1.165) is 42.7 Å². The zero-order chi connectivity index (χ0) is 24.7. The molecule has 4 N–H and O–H groups in total. The number of hydrogen-bond donors (Lipinski definition) is 3. The molecule has 6 nitrogen and oxygen atoms in total. The minimum atomic E-state index is -0.512. The summed E-state index contributed by atoms with van der Waals surface area (Å²) in [5.74, 6) is 0.365. The zero-order valence-electron chi connectivity index (χ0n) is 20.5. The van der Waals surface area contributed by atoms with E-state index in [1.54, 1.807) is 29.8 Å². The van der Waals surface area contributed by atoms with E-state index in [1.165, 1.54) is 16.5 Å². The van der Waals surface area contributed by atoms with Crippen molar-refractivity contribution in [2.24, 2.45) is 12.8 Å². The molecule has 1 aliphatic rings. The van der Waals surface area contributed by atoms with Gasteiger partial charge in [-0.05, 0) is 84.8 Å². The minimum absolute atomic E-state index is 0.120. The van der Waals surface area contributed by atoms with Crippen LogP contribution in [0.3, 0.4) is 0 Å². The van der Waals surface area contributed by atoms with Crippen molar-refractivity contribution in [1.82, 2.24) is 14.9 Å². The molecule has 0 radical (unpaired) electrons. The summed E-state index contributed by atoms with van der Waals surface area (Å²) in [5, 5.41) is 4.70. The van der Waals surface area contributed by atoms with Crippen LogP contribution in [0.15, 0.2) is 59.5 Å². The fourth-order valence-corrected chi connectivity index (χ4v) is 5.36. The maximum atomic E-state index is 13.1. The number of pyridine rings is 1. The second kappa shape index (κ2) is 9.19. The van der Waals surface area contributed by atoms with Crippen molar-refractivity contribution in [2.75, 3.05) is 13.1 Å². The van der Waals surface area contributed by atoms with Gasteiger partial charge in [0.2, 0.25) is 5.91 Å². The number of aromatic nitrogens is 2. The quantitative estimate of drug-likeness (QED) is 0.389. The minimum Gasteiger partial charge on any atom is -0.366 e. The fourth-order valence-electron chi connectivity index (χ4n) is 5.36. The maximum Gasteiger partial charge on any atom is 0.258 e. The number of primary amides is 1. The average molecular weight is 469 g/mol. The first-order valence-corrected chi connectivity index (χ1v) is 12.3. The predicted molar refractivity (Wildman–Crippen MR) is 142 cm³/mol. The third-order valence-electron chi connectivity index (χ3n) is 7.18. The van der Waals surface area contributed by atoms with E-state index in [-0.39, 0.29) is 5.56 Å². The number of nitrogens with two attached hydrogens (primary N) is 1. The smallest absolute Gasteiger partial charge is 0.258 e. The molecule has 1 fully saturated rings. The normalized spacial score (nSPS) is 14.6. The van der Waals surface area contributed by atoms with Crippen LogP contribution in [0.2, 0.25) is 0 Å². The van der Waals surface area contributed by atoms with Crippen LogP contribution in [0.25, 0.3) is 33.3 Å². The van der Waals surface area contributed by atoms with E-state index in [0.29, 0.717) is 28.5 Å². The maximum absolute atomic E-state index is 13.1. The number of hydrogen-bond acceptors (Lipinski definition) is 3. The van der Waals surface area contributed by atoms with Gasteiger partial charge < -0.3 is 20.6 Å². The summed E-state index contributed by atoms with van der Waals surface area (Å²) in [5.41, 5.74) is 12.7. The largest absolute Gasteiger partial charge is 0.366 e. The number of nitrogens with zero attached hydrogens (tertiary/aromatic N) is 1. The highest BCUT2D eigenvalue weighted by Gasteiger charge is 2.21. The number of rotatable bonds is 5. The Morgan fingerprint density at radius 1 is 1.06 bits per heavy atom. The summed E-state index contributed by atoms with van der Waals surface area (Å²) in [6, 6.07) is 15.7. The first kappa shape index (κ1) is 23.1. The summed E-state index contributed by atoms with van der Waals surface area (Å²) in [4.78, 5) is 28.4. The van der Waals surface area contributed by atoms with Gasteiger partial charge in [-0.1, -0.05) is 32.0 Å². The molecule has 0 unspecified atom stereocenters. The SMILES string of the molecule is CC(C)c1c(-c2cc(-c3cccc(C(N)=O)c3)c(=O)n(C)c2)[nH]c2ccc(C3CCNCC3)cc12. The summed E-state index contributed by atoms with van der Waals surface area (Å²) in [6.07, 6.45) is 4.21. The van der Waals surface area contributed by atoms with E-state index >= 15 is 0 Å². The molecule has 2 aromatic heterocycles. The van der Waals surface area contributed by atoms with Crippen LogP contribution in [0.5, 0.6) is 0 Å². The Balaban J connectivity index is 1.67. The first-order chi connectivity index (χ1) is 16.8. The van der Waals surface area contributed by atoms with Crippen molar-refractivity contribution in [2.45, 2.75) is 38.5 Å². The molecule has 0 atom stereocenters. The van der Waals surface area contributed by atoms with Crippen molar-refractivity contribution >= 4 is 16.8 Å². The number of H-pyrrole nitrogens is 1. The number of aryl methyl sites for hydroxylation is 1. The number of nitrogens with one attached hydrogen (secondary N) is 2. The van der Waals surface area contributed by atoms with E-state index in [2.05, 4.69) is 42.3 Å². The molecule has 6 heteroatoms. The number of carbonyl (C=O) groups excluding carboxylic acids is 1. The van der Waals surface area contributed by atoms with Gasteiger partial charge in [0.25, 0.3) is 5.56 Å². The van der Waals surface area contributed by atoms with Gasteiger partial charge in [-0.25, -0.2) is 0 Å². The van der Waals surface area contributed by atoms with Gasteiger partial charge in [-0.3, -0.25) is 9.59 Å². The van der Waals surface area contributed by atoms with Crippen molar-refractivity contribution in [3.63, 3.8) is 0 Å². The number of aromatic amines is 1. The molecular formula is C29H32N4O2. The van der Waals surface area contributed by atoms with Gasteiger partial charge in [0.15, 0.2) is 0 Å². The highest BCUT2D eigenvalue weighted by molar-refractivity contribution is 5.95. The van der Waals surface area contributed by atoms with Gasteiger partial charge in [0.05, 0.1) is 5.69 Å². The number of amides is 1. The molecule has 0 saturated carbocycles. The third kappa shape index (κ3) is 4.30. The van der Waals surface area contributed by atoms with Crippen LogP contribution in [0.4, 0.5) is 0 Å². The first-order valence-electron chi connectivity index (χ1n) is 12.3. The molecular weight excluding hydrogens is 436 g/mol. The van der Waals surface area contributed by atoms with Crippen molar-refractivity contribution in [3.8, 4) is 22.4 Å². The van der Waals surface area contributed by atoms with Crippen LogP contribution in [0.1, 0.15) is 60.0 Å². The van der Waals surface area contributed by atoms with E-state index < -0.39 is 5.91 Å². The Morgan fingerprint density at radius 3 is 2.54 bits per heavy atom. The van der Waals surface area contributed by atoms with Gasteiger partial charge in [0, 0.05) is 40.8 Å². The van der Waals surface area contributed by atoms with E-state index in [9.17, 15) is 9.59 Å². The molecule has 3 heterocycles. The highest BCUT2D eigenvalue weighted by atomic mass is 16.1. The molecule has 180 valence electrons. The van der Waals surface area contributed by atoms with Crippen LogP contribution in [-0.2, 0) is 7.05 Å². The van der Waals surface area contributed by atoms with Gasteiger partial charge in [-0.2, -0.15) is 0 Å². The third-order valence-corrected chi connectivity index (χ3v) is 7.18. The molecule has 0 aliphatic carbocycles. The number of fused-ring (bicyclic) bond motifs is 1. The Labute approximate surface area is 205 Å². The van der Waals surface area contributed by atoms with Crippen LogP contribution in [-0.4, -0.2) is 28.5 Å². The Bertz CT molecular complexity index is 1470. The standard InChI is InChI=1S/C29H32N4O2/c1-17(2)26-24-14-19(18-9-11-31-12-10-18)7-8-25(24)32-27(26)22-15-23(29(35)33(3)16-22)20-5-4-6-21(13-20)28(30)34/h4-8,13-18,31-32H,9-12H2,1-3H3,(H2,30,34). The molecule has 1 aliphatic heterocycles. The molecule has 2 aromatic carbocycles. The highest BCUT2D eigenvalue weighted by Crippen LogP contribution is 2.38. The van der Waals surface area contributed by atoms with E-state index in [4.69, 9.17) is 5.73 Å². The monoisotopic (exact) mass is 468 g/mol. The lowest BCUT2D eigenvalue weighted by Crippen LogP contribution is -2.26. The second-order valence-corrected chi connectivity index (χ2v) is 9.90.